The van der Waals surface area contributed by atoms with Gasteiger partial charge in [0.15, 0.2) is 0 Å². The highest BCUT2D eigenvalue weighted by atomic mass is 32.1. The molecule has 2 heterocycles. The van der Waals surface area contributed by atoms with Crippen molar-refractivity contribution >= 4 is 29.4 Å². The Kier molecular flexibility index (Phi) is 6.24. The number of hydrogen-bond acceptors (Lipinski definition) is 5. The van der Waals surface area contributed by atoms with Crippen LogP contribution in [0.4, 0.5) is 4.39 Å². The molecule has 31 heavy (non-hydrogen) atoms. The van der Waals surface area contributed by atoms with Gasteiger partial charge >= 0.3 is 0 Å². The summed E-state index contributed by atoms with van der Waals surface area (Å²) in [6.07, 6.45) is 6.92. The van der Waals surface area contributed by atoms with Crippen molar-refractivity contribution in [2.75, 3.05) is 0 Å². The molecule has 5 nitrogen and oxygen atoms in total. The van der Waals surface area contributed by atoms with Gasteiger partial charge in [-0.15, -0.1) is 11.3 Å². The molecule has 0 fully saturated rings. The van der Waals surface area contributed by atoms with Gasteiger partial charge in [-0.05, 0) is 36.3 Å². The van der Waals surface area contributed by atoms with E-state index in [9.17, 15) is 9.18 Å². The maximum absolute atomic E-state index is 13.0. The number of aryl methyl sites for hydroxylation is 1. The fourth-order valence-electron chi connectivity index (χ4n) is 2.87. The molecule has 0 saturated heterocycles. The number of rotatable bonds is 6. The number of benzene rings is 2. The molecule has 7 heteroatoms. The highest BCUT2D eigenvalue weighted by molar-refractivity contribution is 7.17. The summed E-state index contributed by atoms with van der Waals surface area (Å²) >= 11 is 1.29. The van der Waals surface area contributed by atoms with Crippen LogP contribution >= 0.6 is 11.3 Å². The van der Waals surface area contributed by atoms with Gasteiger partial charge in [0.05, 0.1) is 23.8 Å². The van der Waals surface area contributed by atoms with Crippen LogP contribution in [0.5, 0.6) is 0 Å². The van der Waals surface area contributed by atoms with E-state index in [1.807, 2.05) is 43.3 Å². The van der Waals surface area contributed by atoms with Crippen molar-refractivity contribution in [2.45, 2.75) is 13.5 Å². The lowest BCUT2D eigenvalue weighted by Crippen LogP contribution is -2.22. The molecule has 4 aromatic rings. The van der Waals surface area contributed by atoms with E-state index >= 15 is 0 Å². The van der Waals surface area contributed by atoms with Crippen molar-refractivity contribution in [3.8, 4) is 10.7 Å². The second-order valence-corrected chi connectivity index (χ2v) is 7.81. The van der Waals surface area contributed by atoms with Crippen LogP contribution in [0.3, 0.4) is 0 Å². The molecule has 0 atom stereocenters. The van der Waals surface area contributed by atoms with Crippen LogP contribution in [0, 0.1) is 12.7 Å². The standard InChI is InChI=1S/C24H19FN4OS/c1-16-22(23(30)28-13-18-5-3-2-4-6-18)31-24(29-16)21-15-26-20(14-27-21)12-9-17-7-10-19(25)11-8-17/h2-12,14-15H,13H2,1H3,(H,28,30)/b12-9+. The van der Waals surface area contributed by atoms with E-state index in [1.165, 1.54) is 23.5 Å². The summed E-state index contributed by atoms with van der Waals surface area (Å²) in [5, 5.41) is 3.57. The van der Waals surface area contributed by atoms with E-state index in [0.717, 1.165) is 11.1 Å². The molecule has 154 valence electrons. The zero-order chi connectivity index (χ0) is 21.6. The minimum absolute atomic E-state index is 0.156. The molecular weight excluding hydrogens is 411 g/mol. The lowest BCUT2D eigenvalue weighted by Gasteiger charge is -2.03. The number of thiazole rings is 1. The number of hydrogen-bond donors (Lipinski definition) is 1. The molecule has 0 saturated carbocycles. The number of aromatic nitrogens is 3. The Hall–Kier alpha value is -3.71. The molecular formula is C24H19FN4OS. The first kappa shape index (κ1) is 20.6. The maximum atomic E-state index is 13.0. The van der Waals surface area contributed by atoms with Gasteiger partial charge in [-0.25, -0.2) is 14.4 Å². The quantitative estimate of drug-likeness (QED) is 0.459. The van der Waals surface area contributed by atoms with Crippen LogP contribution in [0.2, 0.25) is 0 Å². The summed E-state index contributed by atoms with van der Waals surface area (Å²) in [6.45, 7) is 2.27. The third-order valence-electron chi connectivity index (χ3n) is 4.51. The minimum Gasteiger partial charge on any atom is -0.347 e. The van der Waals surface area contributed by atoms with E-state index in [2.05, 4.69) is 20.3 Å². The maximum Gasteiger partial charge on any atom is 0.263 e. The highest BCUT2D eigenvalue weighted by Gasteiger charge is 2.17. The Labute approximate surface area is 183 Å². The smallest absolute Gasteiger partial charge is 0.263 e. The van der Waals surface area contributed by atoms with Crippen molar-refractivity contribution in [3.05, 3.63) is 100 Å². The molecule has 0 spiro atoms. The summed E-state index contributed by atoms with van der Waals surface area (Å²) in [6, 6.07) is 15.9. The van der Waals surface area contributed by atoms with Crippen LogP contribution in [0.25, 0.3) is 22.9 Å². The molecule has 0 unspecified atom stereocenters. The van der Waals surface area contributed by atoms with Crippen molar-refractivity contribution < 1.29 is 9.18 Å². The summed E-state index contributed by atoms with van der Waals surface area (Å²) in [7, 11) is 0. The Morgan fingerprint density at radius 2 is 1.81 bits per heavy atom. The predicted octanol–water partition coefficient (Wildman–Crippen LogP) is 5.15. The van der Waals surface area contributed by atoms with Crippen LogP contribution in [0.15, 0.2) is 67.0 Å². The molecule has 0 aliphatic heterocycles. The van der Waals surface area contributed by atoms with Crippen LogP contribution in [-0.2, 0) is 6.54 Å². The molecule has 2 aromatic heterocycles. The van der Waals surface area contributed by atoms with Gasteiger partial charge in [0.1, 0.15) is 21.4 Å². The van der Waals surface area contributed by atoms with Crippen LogP contribution in [-0.4, -0.2) is 20.9 Å². The number of carbonyl (C=O) groups excluding carboxylic acids is 1. The van der Waals surface area contributed by atoms with Gasteiger partial charge in [0.2, 0.25) is 0 Å². The number of nitrogens with one attached hydrogen (secondary N) is 1. The summed E-state index contributed by atoms with van der Waals surface area (Å²) in [4.78, 5) is 26.4. The average molecular weight is 431 g/mol. The van der Waals surface area contributed by atoms with E-state index in [-0.39, 0.29) is 11.7 Å². The third-order valence-corrected chi connectivity index (χ3v) is 5.68. The largest absolute Gasteiger partial charge is 0.347 e. The molecule has 0 radical (unpaired) electrons. The third kappa shape index (κ3) is 5.26. The average Bonchev–Trinajstić information content (AvgIpc) is 3.20. The SMILES string of the molecule is Cc1nc(-c2cnc(/C=C/c3ccc(F)cc3)cn2)sc1C(=O)NCc1ccccc1. The monoisotopic (exact) mass is 430 g/mol. The normalized spacial score (nSPS) is 11.0. The molecule has 4 rings (SSSR count). The fourth-order valence-corrected chi connectivity index (χ4v) is 3.81. The van der Waals surface area contributed by atoms with Crippen molar-refractivity contribution in [2.24, 2.45) is 0 Å². The topological polar surface area (TPSA) is 67.8 Å². The lowest BCUT2D eigenvalue weighted by atomic mass is 10.2. The molecule has 2 aromatic carbocycles. The summed E-state index contributed by atoms with van der Waals surface area (Å²) < 4.78 is 13.0. The first-order valence-electron chi connectivity index (χ1n) is 9.64. The molecule has 0 aliphatic carbocycles. The van der Waals surface area contributed by atoms with Crippen LogP contribution < -0.4 is 5.32 Å². The zero-order valence-electron chi connectivity index (χ0n) is 16.7. The number of halogens is 1. The second-order valence-electron chi connectivity index (χ2n) is 6.81. The second kappa shape index (κ2) is 9.40. The first-order valence-corrected chi connectivity index (χ1v) is 10.5. The Morgan fingerprint density at radius 3 is 2.52 bits per heavy atom. The Morgan fingerprint density at radius 1 is 1.03 bits per heavy atom. The molecule has 1 N–H and O–H groups in total. The minimum atomic E-state index is -0.270. The molecule has 1 amide bonds. The first-order chi connectivity index (χ1) is 15.1. The van der Waals surface area contributed by atoms with Gasteiger partial charge in [-0.1, -0.05) is 48.5 Å². The van der Waals surface area contributed by atoms with E-state index in [4.69, 9.17) is 0 Å². The lowest BCUT2D eigenvalue weighted by molar-refractivity contribution is 0.0954. The Bertz CT molecular complexity index is 1200. The van der Waals surface area contributed by atoms with Gasteiger partial charge in [-0.3, -0.25) is 9.78 Å². The van der Waals surface area contributed by atoms with Gasteiger partial charge in [-0.2, -0.15) is 0 Å². The predicted molar refractivity (Wildman–Crippen MR) is 121 cm³/mol. The van der Waals surface area contributed by atoms with Crippen molar-refractivity contribution in [3.63, 3.8) is 0 Å². The van der Waals surface area contributed by atoms with Gasteiger partial charge < -0.3 is 5.32 Å². The molecule has 0 bridgehead atoms. The van der Waals surface area contributed by atoms with E-state index in [1.54, 1.807) is 30.6 Å². The molecule has 0 aliphatic rings. The fraction of sp³-hybridized carbons (Fsp3) is 0.0833. The van der Waals surface area contributed by atoms with Crippen molar-refractivity contribution in [1.82, 2.24) is 20.3 Å². The summed E-state index contributed by atoms with van der Waals surface area (Å²) in [5.41, 5.74) is 3.84. The van der Waals surface area contributed by atoms with Gasteiger partial charge in [0, 0.05) is 6.54 Å². The van der Waals surface area contributed by atoms with Crippen LogP contribution in [0.1, 0.15) is 32.2 Å². The van der Waals surface area contributed by atoms with Gasteiger partial charge in [0.25, 0.3) is 5.91 Å². The zero-order valence-corrected chi connectivity index (χ0v) is 17.6. The van der Waals surface area contributed by atoms with E-state index in [0.29, 0.717) is 33.5 Å². The number of nitrogens with zero attached hydrogens (tertiary/aromatic N) is 3. The van der Waals surface area contributed by atoms with E-state index < -0.39 is 0 Å². The highest BCUT2D eigenvalue weighted by Crippen LogP contribution is 2.26. The number of amides is 1. The Balaban J connectivity index is 1.43. The number of carbonyl (C=O) groups is 1. The van der Waals surface area contributed by atoms with Crippen molar-refractivity contribution in [1.29, 1.82) is 0 Å². The summed E-state index contributed by atoms with van der Waals surface area (Å²) in [5.74, 6) is -0.426.